The van der Waals surface area contributed by atoms with Crippen molar-refractivity contribution in [3.8, 4) is 0 Å². The lowest BCUT2D eigenvalue weighted by molar-refractivity contribution is 1.24. The molecule has 0 aliphatic heterocycles. The summed E-state index contributed by atoms with van der Waals surface area (Å²) in [6, 6.07) is 3.29. The molecule has 0 aliphatic rings. The third kappa shape index (κ3) is 2.81. The van der Waals surface area contributed by atoms with E-state index in [1.54, 1.807) is 12.1 Å². The predicted octanol–water partition coefficient (Wildman–Crippen LogP) is 5.21. The Labute approximate surface area is 102 Å². The average molecular weight is 278 g/mol. The summed E-state index contributed by atoms with van der Waals surface area (Å²) in [5.74, 6) is 0.283. The maximum absolute atomic E-state index is 5.90. The van der Waals surface area contributed by atoms with Crippen LogP contribution in [0.2, 0.25) is 10.0 Å². The Morgan fingerprint density at radius 1 is 1.15 bits per heavy atom. The summed E-state index contributed by atoms with van der Waals surface area (Å²) < 4.78 is 0. The molecule has 0 unspecified atom stereocenters. The van der Waals surface area contributed by atoms with Crippen LogP contribution in [0, 0.1) is 0 Å². The average Bonchev–Trinajstić information content (AvgIpc) is 2.01. The molecule has 0 bridgehead atoms. The largest absolute Gasteiger partial charge is 0.134 e. The first-order valence-electron chi connectivity index (χ1n) is 3.38. The summed E-state index contributed by atoms with van der Waals surface area (Å²) in [6.07, 6.45) is 0. The zero-order chi connectivity index (χ0) is 10.0. The molecular formula is C8H5Cl5. The van der Waals surface area contributed by atoms with Crippen LogP contribution in [0.1, 0.15) is 16.0 Å². The topological polar surface area (TPSA) is 0 Å². The van der Waals surface area contributed by atoms with Crippen LogP contribution in [0.15, 0.2) is 12.1 Å². The van der Waals surface area contributed by atoms with Crippen LogP contribution in [0.25, 0.3) is 0 Å². The monoisotopic (exact) mass is 276 g/mol. The Balaban J connectivity index is 3.30. The normalized spacial score (nSPS) is 10.9. The van der Waals surface area contributed by atoms with Crippen molar-refractivity contribution in [1.29, 1.82) is 0 Å². The molecule has 0 fully saturated rings. The molecule has 0 aliphatic carbocycles. The van der Waals surface area contributed by atoms with E-state index in [2.05, 4.69) is 0 Å². The van der Waals surface area contributed by atoms with E-state index in [4.69, 9.17) is 58.0 Å². The van der Waals surface area contributed by atoms with Gasteiger partial charge in [-0.05, 0) is 17.7 Å². The van der Waals surface area contributed by atoms with E-state index >= 15 is 0 Å². The Kier molecular flexibility index (Phi) is 4.47. The van der Waals surface area contributed by atoms with Crippen LogP contribution in [-0.4, -0.2) is 0 Å². The van der Waals surface area contributed by atoms with E-state index in [0.29, 0.717) is 15.6 Å². The van der Waals surface area contributed by atoms with E-state index < -0.39 is 4.84 Å². The van der Waals surface area contributed by atoms with Crippen molar-refractivity contribution < 1.29 is 0 Å². The van der Waals surface area contributed by atoms with Gasteiger partial charge in [-0.3, -0.25) is 0 Å². The zero-order valence-corrected chi connectivity index (χ0v) is 10.1. The highest BCUT2D eigenvalue weighted by atomic mass is 35.5. The number of hydrogen-bond acceptors (Lipinski definition) is 0. The number of halogens is 5. The molecule has 0 amide bonds. The maximum Gasteiger partial charge on any atom is 0.134 e. The minimum absolute atomic E-state index is 0.283. The van der Waals surface area contributed by atoms with Crippen LogP contribution in [0.3, 0.4) is 0 Å². The number of hydrogen-bond donors (Lipinski definition) is 0. The lowest BCUT2D eigenvalue weighted by atomic mass is 10.1. The Bertz CT molecular complexity index is 308. The van der Waals surface area contributed by atoms with Gasteiger partial charge in [-0.1, -0.05) is 46.4 Å². The van der Waals surface area contributed by atoms with Crippen LogP contribution in [-0.2, 0) is 5.88 Å². The van der Waals surface area contributed by atoms with Gasteiger partial charge in [-0.15, -0.1) is 11.6 Å². The van der Waals surface area contributed by atoms with Crippen LogP contribution >= 0.6 is 58.0 Å². The van der Waals surface area contributed by atoms with Gasteiger partial charge >= 0.3 is 0 Å². The van der Waals surface area contributed by atoms with Crippen LogP contribution in [0.5, 0.6) is 0 Å². The molecule has 0 aromatic heterocycles. The third-order valence-electron chi connectivity index (χ3n) is 1.54. The molecule has 0 heterocycles. The van der Waals surface area contributed by atoms with Gasteiger partial charge in [0.1, 0.15) is 4.84 Å². The van der Waals surface area contributed by atoms with Gasteiger partial charge in [-0.25, -0.2) is 0 Å². The van der Waals surface area contributed by atoms with Crippen LogP contribution in [0.4, 0.5) is 0 Å². The lowest BCUT2D eigenvalue weighted by Gasteiger charge is -2.10. The number of alkyl halides is 3. The molecule has 0 N–H and O–H groups in total. The number of benzene rings is 1. The molecule has 1 rings (SSSR count). The minimum atomic E-state index is -0.682. The first kappa shape index (κ1) is 11.7. The Morgan fingerprint density at radius 2 is 1.77 bits per heavy atom. The predicted molar refractivity (Wildman–Crippen MR) is 60.5 cm³/mol. The molecule has 0 radical (unpaired) electrons. The molecule has 0 nitrogen and oxygen atoms in total. The first-order chi connectivity index (χ1) is 6.06. The lowest BCUT2D eigenvalue weighted by Crippen LogP contribution is -1.92. The quantitative estimate of drug-likeness (QED) is 0.652. The van der Waals surface area contributed by atoms with Crippen molar-refractivity contribution >= 4 is 58.0 Å². The molecule has 72 valence electrons. The van der Waals surface area contributed by atoms with Gasteiger partial charge in [0.2, 0.25) is 0 Å². The van der Waals surface area contributed by atoms with E-state index in [9.17, 15) is 0 Å². The second-order valence-electron chi connectivity index (χ2n) is 2.39. The molecule has 0 saturated carbocycles. The van der Waals surface area contributed by atoms with E-state index in [0.717, 1.165) is 5.56 Å². The van der Waals surface area contributed by atoms with Gasteiger partial charge in [0.15, 0.2) is 0 Å². The highest BCUT2D eigenvalue weighted by Gasteiger charge is 2.14. The van der Waals surface area contributed by atoms with Crippen molar-refractivity contribution in [1.82, 2.24) is 0 Å². The second kappa shape index (κ2) is 4.95. The summed E-state index contributed by atoms with van der Waals surface area (Å²) in [5.41, 5.74) is 1.39. The summed E-state index contributed by atoms with van der Waals surface area (Å²) >= 11 is 28.8. The standard InChI is InChI=1S/C8H5Cl5/c9-3-4-1-5(10)2-6(11)7(4)8(12)13/h1-2,8H,3H2. The van der Waals surface area contributed by atoms with Gasteiger partial charge in [-0.2, -0.15) is 0 Å². The number of rotatable bonds is 2. The maximum atomic E-state index is 5.90. The molecule has 0 spiro atoms. The zero-order valence-electron chi connectivity index (χ0n) is 6.33. The Hall–Kier alpha value is 0.670. The van der Waals surface area contributed by atoms with Crippen molar-refractivity contribution in [3.05, 3.63) is 33.3 Å². The smallest absolute Gasteiger partial charge is 0.122 e. The highest BCUT2D eigenvalue weighted by molar-refractivity contribution is 6.46. The molecule has 0 saturated heterocycles. The molecule has 1 aromatic carbocycles. The SMILES string of the molecule is ClCc1cc(Cl)cc(Cl)c1C(Cl)Cl. The van der Waals surface area contributed by atoms with Crippen molar-refractivity contribution in [2.45, 2.75) is 10.7 Å². The molecule has 13 heavy (non-hydrogen) atoms. The van der Waals surface area contributed by atoms with Crippen molar-refractivity contribution in [2.24, 2.45) is 0 Å². The van der Waals surface area contributed by atoms with Crippen molar-refractivity contribution in [3.63, 3.8) is 0 Å². The van der Waals surface area contributed by atoms with E-state index in [1.807, 2.05) is 0 Å². The second-order valence-corrected chi connectivity index (χ2v) is 4.60. The van der Waals surface area contributed by atoms with E-state index in [1.165, 1.54) is 0 Å². The summed E-state index contributed by atoms with van der Waals surface area (Å²) in [5, 5.41) is 0.969. The first-order valence-corrected chi connectivity index (χ1v) is 5.54. The highest BCUT2D eigenvalue weighted by Crippen LogP contribution is 2.36. The van der Waals surface area contributed by atoms with Gasteiger partial charge < -0.3 is 0 Å². The molecule has 5 heteroatoms. The van der Waals surface area contributed by atoms with E-state index in [-0.39, 0.29) is 5.88 Å². The molecular weight excluding hydrogens is 273 g/mol. The van der Waals surface area contributed by atoms with Gasteiger partial charge in [0.25, 0.3) is 0 Å². The van der Waals surface area contributed by atoms with Crippen LogP contribution < -0.4 is 0 Å². The third-order valence-corrected chi connectivity index (χ3v) is 2.80. The van der Waals surface area contributed by atoms with Gasteiger partial charge in [0, 0.05) is 21.5 Å². The molecule has 1 aromatic rings. The fourth-order valence-electron chi connectivity index (χ4n) is 0.993. The summed E-state index contributed by atoms with van der Waals surface area (Å²) in [7, 11) is 0. The minimum Gasteiger partial charge on any atom is -0.122 e. The summed E-state index contributed by atoms with van der Waals surface area (Å²) in [6.45, 7) is 0. The fraction of sp³-hybridized carbons (Fsp3) is 0.250. The van der Waals surface area contributed by atoms with Crippen molar-refractivity contribution in [2.75, 3.05) is 0 Å². The Morgan fingerprint density at radius 3 is 2.23 bits per heavy atom. The molecule has 0 atom stereocenters. The summed E-state index contributed by atoms with van der Waals surface area (Å²) in [4.78, 5) is -0.682. The van der Waals surface area contributed by atoms with Gasteiger partial charge in [0.05, 0.1) is 0 Å². The fourth-order valence-corrected chi connectivity index (χ4v) is 2.49.